The fourth-order valence-electron chi connectivity index (χ4n) is 2.59. The molecule has 0 amide bonds. The van der Waals surface area contributed by atoms with E-state index < -0.39 is 0 Å². The van der Waals surface area contributed by atoms with Gasteiger partial charge in [-0.1, -0.05) is 13.0 Å². The van der Waals surface area contributed by atoms with Crippen LogP contribution in [0.3, 0.4) is 0 Å². The van der Waals surface area contributed by atoms with Crippen LogP contribution in [0.5, 0.6) is 5.75 Å². The number of carbonyl (C=O) groups excluding carboxylic acids is 1. The van der Waals surface area contributed by atoms with Crippen LogP contribution in [0.4, 0.5) is 5.82 Å². The normalized spacial score (nSPS) is 10.7. The Morgan fingerprint density at radius 3 is 2.67 bits per heavy atom. The molecule has 0 saturated carbocycles. The second-order valence-electron chi connectivity index (χ2n) is 5.15. The van der Waals surface area contributed by atoms with Crippen LogP contribution in [-0.4, -0.2) is 23.2 Å². The fourth-order valence-corrected chi connectivity index (χ4v) is 2.59. The maximum Gasteiger partial charge on any atom is 0.156 e. The predicted molar refractivity (Wildman–Crippen MR) is 83.8 cm³/mol. The summed E-state index contributed by atoms with van der Waals surface area (Å²) in [5, 5.41) is 4.51. The zero-order valence-electron chi connectivity index (χ0n) is 12.9. The van der Waals surface area contributed by atoms with E-state index in [1.54, 1.807) is 11.8 Å². The van der Waals surface area contributed by atoms with Crippen molar-refractivity contribution < 1.29 is 9.53 Å². The molecule has 112 valence electrons. The van der Waals surface area contributed by atoms with E-state index >= 15 is 0 Å². The first-order valence-corrected chi connectivity index (χ1v) is 7.00. The van der Waals surface area contributed by atoms with Gasteiger partial charge in [0.25, 0.3) is 0 Å². The Kier molecular flexibility index (Phi) is 4.31. The first-order valence-electron chi connectivity index (χ1n) is 7.00. The van der Waals surface area contributed by atoms with Gasteiger partial charge in [0.05, 0.1) is 12.7 Å². The maximum atomic E-state index is 11.4. The summed E-state index contributed by atoms with van der Waals surface area (Å²) >= 11 is 0. The molecule has 0 unspecified atom stereocenters. The molecule has 5 nitrogen and oxygen atoms in total. The van der Waals surface area contributed by atoms with E-state index in [0.717, 1.165) is 35.1 Å². The lowest BCUT2D eigenvalue weighted by molar-refractivity contribution is 0.112. The minimum Gasteiger partial charge on any atom is -0.496 e. The molecule has 1 aromatic carbocycles. The SMILES string of the molecule is CCCn1nc(-c2cc(C)cc(C)c2OC)c(C=O)c1N. The zero-order valence-corrected chi connectivity index (χ0v) is 12.9. The number of carbonyl (C=O) groups is 1. The standard InChI is InChI=1S/C16H21N3O2/c1-5-6-19-16(17)13(9-20)14(18-19)12-8-10(2)7-11(3)15(12)21-4/h7-9H,5-6,17H2,1-4H3. The number of aryl methyl sites for hydroxylation is 3. The molecule has 0 atom stereocenters. The van der Waals surface area contributed by atoms with Crippen molar-refractivity contribution in [2.45, 2.75) is 33.7 Å². The molecule has 0 saturated heterocycles. The summed E-state index contributed by atoms with van der Waals surface area (Å²) in [5.74, 6) is 1.13. The second kappa shape index (κ2) is 5.99. The van der Waals surface area contributed by atoms with Gasteiger partial charge >= 0.3 is 0 Å². The first-order chi connectivity index (χ1) is 10.0. The Morgan fingerprint density at radius 1 is 1.38 bits per heavy atom. The Hall–Kier alpha value is -2.30. The number of nitrogens with zero attached hydrogens (tertiary/aromatic N) is 2. The van der Waals surface area contributed by atoms with Crippen LogP contribution in [0.1, 0.15) is 34.8 Å². The van der Waals surface area contributed by atoms with Gasteiger partial charge in [-0.2, -0.15) is 5.10 Å². The Labute approximate surface area is 124 Å². The summed E-state index contributed by atoms with van der Waals surface area (Å²) in [5.41, 5.74) is 9.94. The van der Waals surface area contributed by atoms with Crippen molar-refractivity contribution >= 4 is 12.1 Å². The van der Waals surface area contributed by atoms with Gasteiger partial charge in [0.1, 0.15) is 17.3 Å². The number of benzene rings is 1. The molecule has 0 bridgehead atoms. The molecule has 1 heterocycles. The number of hydrogen-bond acceptors (Lipinski definition) is 4. The van der Waals surface area contributed by atoms with Crippen LogP contribution in [0.25, 0.3) is 11.3 Å². The Balaban J connectivity index is 2.72. The van der Waals surface area contributed by atoms with Crippen LogP contribution in [-0.2, 0) is 6.54 Å². The minimum absolute atomic E-state index is 0.406. The molecular formula is C16H21N3O2. The van der Waals surface area contributed by atoms with Gasteiger partial charge in [-0.15, -0.1) is 0 Å². The van der Waals surface area contributed by atoms with E-state index in [4.69, 9.17) is 10.5 Å². The van der Waals surface area contributed by atoms with Gasteiger partial charge in [0, 0.05) is 12.1 Å². The van der Waals surface area contributed by atoms with Gasteiger partial charge in [-0.25, -0.2) is 4.68 Å². The highest BCUT2D eigenvalue weighted by atomic mass is 16.5. The molecule has 0 fully saturated rings. The topological polar surface area (TPSA) is 70.1 Å². The number of anilines is 1. The number of aromatic nitrogens is 2. The third kappa shape index (κ3) is 2.63. The summed E-state index contributed by atoms with van der Waals surface area (Å²) < 4.78 is 7.16. The first kappa shape index (κ1) is 15.1. The number of ether oxygens (including phenoxy) is 1. The smallest absolute Gasteiger partial charge is 0.156 e. The fraction of sp³-hybridized carbons (Fsp3) is 0.375. The second-order valence-corrected chi connectivity index (χ2v) is 5.15. The molecule has 2 N–H and O–H groups in total. The molecule has 2 aromatic rings. The Bertz CT molecular complexity index is 675. The molecule has 0 aliphatic carbocycles. The molecule has 5 heteroatoms. The highest BCUT2D eigenvalue weighted by Gasteiger charge is 2.20. The van der Waals surface area contributed by atoms with E-state index in [1.165, 1.54) is 0 Å². The number of methoxy groups -OCH3 is 1. The van der Waals surface area contributed by atoms with E-state index in [9.17, 15) is 4.79 Å². The minimum atomic E-state index is 0.406. The number of nitrogens with two attached hydrogens (primary N) is 1. The lowest BCUT2D eigenvalue weighted by atomic mass is 10.0. The van der Waals surface area contributed by atoms with Crippen molar-refractivity contribution in [3.8, 4) is 17.0 Å². The molecule has 0 spiro atoms. The maximum absolute atomic E-state index is 11.4. The zero-order chi connectivity index (χ0) is 15.6. The molecule has 21 heavy (non-hydrogen) atoms. The quantitative estimate of drug-likeness (QED) is 0.858. The van der Waals surface area contributed by atoms with Crippen molar-refractivity contribution in [1.82, 2.24) is 9.78 Å². The van der Waals surface area contributed by atoms with Crippen molar-refractivity contribution in [1.29, 1.82) is 0 Å². The van der Waals surface area contributed by atoms with Gasteiger partial charge in [0.15, 0.2) is 6.29 Å². The summed E-state index contributed by atoms with van der Waals surface area (Å²) in [6, 6.07) is 4.01. The van der Waals surface area contributed by atoms with Crippen LogP contribution < -0.4 is 10.5 Å². The summed E-state index contributed by atoms with van der Waals surface area (Å²) in [7, 11) is 1.62. The number of hydrogen-bond donors (Lipinski definition) is 1. The van der Waals surface area contributed by atoms with Gasteiger partial charge < -0.3 is 10.5 Å². The predicted octanol–water partition coefficient (Wildman–Crippen LogP) is 2.98. The average Bonchev–Trinajstić information content (AvgIpc) is 2.75. The lowest BCUT2D eigenvalue weighted by Crippen LogP contribution is -2.04. The Morgan fingerprint density at radius 2 is 2.10 bits per heavy atom. The molecule has 0 radical (unpaired) electrons. The van der Waals surface area contributed by atoms with Crippen LogP contribution in [0.2, 0.25) is 0 Å². The van der Waals surface area contributed by atoms with E-state index in [0.29, 0.717) is 23.6 Å². The highest BCUT2D eigenvalue weighted by Crippen LogP contribution is 2.36. The van der Waals surface area contributed by atoms with Crippen molar-refractivity contribution in [3.05, 3.63) is 28.8 Å². The molecule has 0 aliphatic heterocycles. The van der Waals surface area contributed by atoms with E-state index in [1.807, 2.05) is 32.9 Å². The van der Waals surface area contributed by atoms with Crippen LogP contribution >= 0.6 is 0 Å². The molecule has 1 aromatic heterocycles. The summed E-state index contributed by atoms with van der Waals surface area (Å²) in [4.78, 5) is 11.4. The molecule has 2 rings (SSSR count). The number of aldehydes is 1. The number of rotatable bonds is 5. The summed E-state index contributed by atoms with van der Waals surface area (Å²) in [6.45, 7) is 6.70. The number of nitrogen functional groups attached to an aromatic ring is 1. The monoisotopic (exact) mass is 287 g/mol. The van der Waals surface area contributed by atoms with E-state index in [-0.39, 0.29) is 0 Å². The van der Waals surface area contributed by atoms with Crippen molar-refractivity contribution in [2.24, 2.45) is 0 Å². The van der Waals surface area contributed by atoms with Gasteiger partial charge in [0.2, 0.25) is 0 Å². The van der Waals surface area contributed by atoms with Crippen LogP contribution in [0.15, 0.2) is 12.1 Å². The third-order valence-electron chi connectivity index (χ3n) is 3.46. The van der Waals surface area contributed by atoms with E-state index in [2.05, 4.69) is 5.10 Å². The van der Waals surface area contributed by atoms with Crippen LogP contribution in [0, 0.1) is 13.8 Å². The van der Waals surface area contributed by atoms with Crippen molar-refractivity contribution in [3.63, 3.8) is 0 Å². The largest absolute Gasteiger partial charge is 0.496 e. The molecule has 0 aliphatic rings. The average molecular weight is 287 g/mol. The van der Waals surface area contributed by atoms with Gasteiger partial charge in [-0.3, -0.25) is 4.79 Å². The van der Waals surface area contributed by atoms with Crippen molar-refractivity contribution in [2.75, 3.05) is 12.8 Å². The third-order valence-corrected chi connectivity index (χ3v) is 3.46. The van der Waals surface area contributed by atoms with Gasteiger partial charge in [-0.05, 0) is 37.5 Å². The summed E-state index contributed by atoms with van der Waals surface area (Å²) in [6.07, 6.45) is 1.66. The lowest BCUT2D eigenvalue weighted by Gasteiger charge is -2.11. The molecular weight excluding hydrogens is 266 g/mol. The highest BCUT2D eigenvalue weighted by molar-refractivity contribution is 5.93.